The largest absolute Gasteiger partial charge is 0.459 e. The molecule has 0 saturated carbocycles. The fraction of sp³-hybridized carbons (Fsp3) is 0.872. The van der Waals surface area contributed by atoms with Gasteiger partial charge >= 0.3 is 5.97 Å². The SMILES string of the molecule is CC1=C[C@H](C)C[C@@]2(C)CC[C@@H](O2)[C@@]23CC[C@@](CO)(C[C@@H](O2)[C@H]2O[C@](C)(CC2=O)[C@@H](O)[C@@H]2CC[C@@]4(CCC[C@H](O4)[C@@H](C)C(=O)O[C@@H]4C[C@@H]([C@@]5(O)OCC[C@@H](C)[C@H]5O)O[C@@H]4C=C1)O2)O3. The lowest BCUT2D eigenvalue weighted by Gasteiger charge is -2.47. The molecule has 2 spiro atoms. The van der Waals surface area contributed by atoms with Crippen LogP contribution in [0.15, 0.2) is 23.8 Å². The molecule has 9 aliphatic heterocycles. The summed E-state index contributed by atoms with van der Waals surface area (Å²) in [6.07, 6.45) is 4.76. The van der Waals surface area contributed by atoms with E-state index in [1.807, 2.05) is 26.0 Å². The van der Waals surface area contributed by atoms with E-state index in [-0.39, 0.29) is 50.1 Å². The standard InChI is InChI=1S/C47H70O15/c1-26-9-10-32-34(21-37(55-32)47(53)39(50)28(3)13-19-54-47)56-41(52)29(4)31-8-7-14-45(57-31)16-11-33(58-45)40(51)43(6)23-30(49)38(61-43)35-24-44(25-48)17-18-46(59-35,62-44)36-12-15-42(5,60-36)22-27(2)20-26/h9-10,20,27-29,31-40,48,50-51,53H,7-8,11-19,21-25H2,1-6H3/t27-,28+,29+,31-,32+,33-,34+,35+,36+,37-,38-,39+,40-,42+,43+,44-,45+,46-,47+/m0/s1. The predicted octanol–water partition coefficient (Wildman–Crippen LogP) is 4.23. The Bertz CT molecular complexity index is 1770. The number of aliphatic hydroxyl groups excluding tert-OH is 3. The number of hydrogen-bond donors (Lipinski definition) is 4. The average Bonchev–Trinajstić information content (AvgIpc) is 4.06. The van der Waals surface area contributed by atoms with Crippen LogP contribution in [0.5, 0.6) is 0 Å². The Kier molecular flexibility index (Phi) is 12.0. The van der Waals surface area contributed by atoms with Crippen molar-refractivity contribution in [2.24, 2.45) is 17.8 Å². The van der Waals surface area contributed by atoms with Gasteiger partial charge in [0.05, 0.1) is 48.6 Å². The molecule has 0 aliphatic carbocycles. The minimum atomic E-state index is -1.97. The zero-order valence-electron chi connectivity index (χ0n) is 37.3. The van der Waals surface area contributed by atoms with Crippen molar-refractivity contribution in [1.29, 1.82) is 0 Å². The molecule has 10 bridgehead atoms. The molecule has 0 radical (unpaired) electrons. The van der Waals surface area contributed by atoms with Gasteiger partial charge in [0.1, 0.15) is 48.3 Å². The van der Waals surface area contributed by atoms with E-state index in [1.165, 1.54) is 0 Å². The normalized spacial score (nSPS) is 53.6. The van der Waals surface area contributed by atoms with Crippen molar-refractivity contribution in [2.75, 3.05) is 13.2 Å². The summed E-state index contributed by atoms with van der Waals surface area (Å²) in [4.78, 5) is 28.0. The Balaban J connectivity index is 1.01. The second-order valence-corrected chi connectivity index (χ2v) is 21.2. The van der Waals surface area contributed by atoms with Crippen molar-refractivity contribution in [3.8, 4) is 0 Å². The van der Waals surface area contributed by atoms with Gasteiger partial charge in [-0.3, -0.25) is 9.59 Å². The summed E-state index contributed by atoms with van der Waals surface area (Å²) in [5.41, 5.74) is -1.73. The predicted molar refractivity (Wildman–Crippen MR) is 219 cm³/mol. The van der Waals surface area contributed by atoms with Gasteiger partial charge in [-0.25, -0.2) is 0 Å². The first-order valence-corrected chi connectivity index (χ1v) is 23.5. The molecule has 0 aromatic rings. The lowest BCUT2D eigenvalue weighted by atomic mass is 9.87. The van der Waals surface area contributed by atoms with Crippen LogP contribution < -0.4 is 0 Å². The summed E-state index contributed by atoms with van der Waals surface area (Å²) >= 11 is 0. The van der Waals surface area contributed by atoms with E-state index >= 15 is 0 Å². The molecule has 9 aliphatic rings. The molecule has 15 heteroatoms. The van der Waals surface area contributed by atoms with Gasteiger partial charge in [0.2, 0.25) is 5.79 Å². The number of rotatable bonds is 2. The van der Waals surface area contributed by atoms with Crippen LogP contribution in [0.1, 0.15) is 131 Å². The number of Topliss-reactive ketones (excluding diaryl/α,β-unsaturated/α-hetero) is 1. The molecule has 8 fully saturated rings. The third-order valence-electron chi connectivity index (χ3n) is 16.0. The van der Waals surface area contributed by atoms with Crippen LogP contribution in [0.25, 0.3) is 0 Å². The van der Waals surface area contributed by atoms with Crippen LogP contribution in [-0.2, 0) is 52.2 Å². The Hall–Kier alpha value is -1.86. The van der Waals surface area contributed by atoms with E-state index in [1.54, 1.807) is 13.8 Å². The average molecular weight is 875 g/mol. The van der Waals surface area contributed by atoms with Gasteiger partial charge in [-0.2, -0.15) is 0 Å². The van der Waals surface area contributed by atoms with Crippen LogP contribution >= 0.6 is 0 Å². The summed E-state index contributed by atoms with van der Waals surface area (Å²) in [6, 6.07) is 0. The number of ether oxygens (including phenoxy) is 9. The molecule has 0 aromatic heterocycles. The van der Waals surface area contributed by atoms with Crippen molar-refractivity contribution in [1.82, 2.24) is 0 Å². The first-order chi connectivity index (χ1) is 29.3. The van der Waals surface area contributed by atoms with Crippen molar-refractivity contribution < 1.29 is 72.6 Å². The van der Waals surface area contributed by atoms with Crippen molar-refractivity contribution >= 4 is 11.8 Å². The quantitative estimate of drug-likeness (QED) is 0.288. The Morgan fingerprint density at radius 1 is 0.806 bits per heavy atom. The maximum absolute atomic E-state index is 14.1. The van der Waals surface area contributed by atoms with Gasteiger partial charge in [0.15, 0.2) is 17.4 Å². The number of fused-ring (bicyclic) bond motifs is 10. The highest BCUT2D eigenvalue weighted by atomic mass is 16.8. The number of carbonyl (C=O) groups excluding carboxylic acids is 2. The van der Waals surface area contributed by atoms with Gasteiger partial charge < -0.3 is 63.1 Å². The third kappa shape index (κ3) is 8.09. The van der Waals surface area contributed by atoms with Gasteiger partial charge in [0.25, 0.3) is 0 Å². The molecule has 0 amide bonds. The van der Waals surface area contributed by atoms with Gasteiger partial charge in [0, 0.05) is 38.5 Å². The highest BCUT2D eigenvalue weighted by Crippen LogP contribution is 2.55. The van der Waals surface area contributed by atoms with E-state index in [9.17, 15) is 30.0 Å². The van der Waals surface area contributed by atoms with Crippen molar-refractivity contribution in [3.05, 3.63) is 23.8 Å². The molecule has 0 unspecified atom stereocenters. The van der Waals surface area contributed by atoms with Gasteiger partial charge in [-0.05, 0) is 90.9 Å². The maximum Gasteiger partial charge on any atom is 0.311 e. The third-order valence-corrected chi connectivity index (χ3v) is 16.0. The number of carbonyl (C=O) groups is 2. The van der Waals surface area contributed by atoms with E-state index in [4.69, 9.17) is 42.6 Å². The second-order valence-electron chi connectivity index (χ2n) is 21.2. The van der Waals surface area contributed by atoms with Crippen molar-refractivity contribution in [2.45, 2.75) is 227 Å². The van der Waals surface area contributed by atoms with E-state index in [0.29, 0.717) is 57.8 Å². The van der Waals surface area contributed by atoms with Crippen LogP contribution in [0.3, 0.4) is 0 Å². The molecule has 0 aromatic carbocycles. The van der Waals surface area contributed by atoms with Gasteiger partial charge in [-0.1, -0.05) is 37.6 Å². The molecule has 9 rings (SSSR count). The Morgan fingerprint density at radius 2 is 1.60 bits per heavy atom. The van der Waals surface area contributed by atoms with E-state index in [2.05, 4.69) is 19.9 Å². The zero-order valence-corrected chi connectivity index (χ0v) is 37.3. The summed E-state index contributed by atoms with van der Waals surface area (Å²) in [6.45, 7) is 11.7. The minimum Gasteiger partial charge on any atom is -0.459 e. The molecular weight excluding hydrogens is 805 g/mol. The van der Waals surface area contributed by atoms with Crippen LogP contribution in [0.2, 0.25) is 0 Å². The van der Waals surface area contributed by atoms with E-state index in [0.717, 1.165) is 18.4 Å². The number of aliphatic hydroxyl groups is 4. The molecule has 8 saturated heterocycles. The lowest BCUT2D eigenvalue weighted by Crippen LogP contribution is -2.59. The Morgan fingerprint density at radius 3 is 2.39 bits per heavy atom. The minimum absolute atomic E-state index is 0.0379. The topological polar surface area (TPSA) is 198 Å². The number of esters is 1. The molecule has 19 atom stereocenters. The van der Waals surface area contributed by atoms with Crippen LogP contribution in [0.4, 0.5) is 0 Å². The fourth-order valence-electron chi connectivity index (χ4n) is 12.5. The monoisotopic (exact) mass is 874 g/mol. The molecular formula is C47H70O15. The zero-order chi connectivity index (χ0) is 44.0. The summed E-state index contributed by atoms with van der Waals surface area (Å²) in [5.74, 6) is -5.63. The molecule has 9 heterocycles. The van der Waals surface area contributed by atoms with Crippen LogP contribution in [0, 0.1) is 17.8 Å². The molecule has 62 heavy (non-hydrogen) atoms. The van der Waals surface area contributed by atoms with Crippen molar-refractivity contribution in [3.63, 3.8) is 0 Å². The van der Waals surface area contributed by atoms with Gasteiger partial charge in [-0.15, -0.1) is 0 Å². The molecule has 348 valence electrons. The lowest BCUT2D eigenvalue weighted by molar-refractivity contribution is -0.365. The van der Waals surface area contributed by atoms with Crippen LogP contribution in [-0.4, -0.2) is 141 Å². The number of hydrogen-bond acceptors (Lipinski definition) is 15. The molecule has 4 N–H and O–H groups in total. The summed E-state index contributed by atoms with van der Waals surface area (Å²) < 4.78 is 58.8. The summed E-state index contributed by atoms with van der Waals surface area (Å²) in [5, 5.41) is 45.5. The smallest absolute Gasteiger partial charge is 0.311 e. The first kappa shape index (κ1) is 45.3. The first-order valence-electron chi connectivity index (χ1n) is 23.5. The number of ketones is 1. The summed E-state index contributed by atoms with van der Waals surface area (Å²) in [7, 11) is 0. The second kappa shape index (κ2) is 16.5. The van der Waals surface area contributed by atoms with E-state index < -0.39 is 107 Å². The highest BCUT2D eigenvalue weighted by molar-refractivity contribution is 5.86. The number of allylic oxidation sites excluding steroid dienone is 3. The molecule has 15 nitrogen and oxygen atoms in total. The highest BCUT2D eigenvalue weighted by Gasteiger charge is 2.66. The maximum atomic E-state index is 14.1. The fourth-order valence-corrected chi connectivity index (χ4v) is 12.5. The Labute approximate surface area is 365 Å².